The number of likely N-dealkylation sites (N-methyl/N-ethyl adjacent to an activating group) is 1. The summed E-state index contributed by atoms with van der Waals surface area (Å²) in [5, 5.41) is 4.09. The number of nitrogens with one attached hydrogen (secondary N) is 1. The quantitative estimate of drug-likeness (QED) is 0.721. The lowest BCUT2D eigenvalue weighted by Gasteiger charge is -2.34. The lowest BCUT2D eigenvalue weighted by molar-refractivity contribution is -0.115. The number of carbonyl (C=O) groups excluding carboxylic acids is 1. The number of aryl methyl sites for hydroxylation is 3. The zero-order valence-corrected chi connectivity index (χ0v) is 17.7. The maximum atomic E-state index is 12.7. The van der Waals surface area contributed by atoms with E-state index in [9.17, 15) is 4.79 Å². The zero-order valence-electron chi connectivity index (χ0n) is 17.7. The summed E-state index contributed by atoms with van der Waals surface area (Å²) in [6.45, 7) is 10.4. The molecule has 152 valence electrons. The van der Waals surface area contributed by atoms with Gasteiger partial charge in [0.25, 0.3) is 0 Å². The number of furan rings is 1. The molecular formula is C24H29N3O2. The summed E-state index contributed by atoms with van der Waals surface area (Å²) >= 11 is 0. The smallest absolute Gasteiger partial charge is 0.228 e. The molecule has 1 N–H and O–H groups in total. The van der Waals surface area contributed by atoms with Gasteiger partial charge in [0.15, 0.2) is 0 Å². The molecule has 4 rings (SSSR count). The van der Waals surface area contributed by atoms with Crippen LogP contribution in [0.3, 0.4) is 0 Å². The number of amides is 1. The topological polar surface area (TPSA) is 48.7 Å². The van der Waals surface area contributed by atoms with Crippen LogP contribution in [0.15, 0.2) is 41.0 Å². The fraction of sp³-hybridized carbons (Fsp3) is 0.375. The predicted octanol–water partition coefficient (Wildman–Crippen LogP) is 4.29. The minimum Gasteiger partial charge on any atom is -0.464 e. The van der Waals surface area contributed by atoms with E-state index >= 15 is 0 Å². The summed E-state index contributed by atoms with van der Waals surface area (Å²) < 4.78 is 5.74. The Bertz CT molecular complexity index is 1050. The van der Waals surface area contributed by atoms with Crippen LogP contribution in [0.4, 0.5) is 11.4 Å². The highest BCUT2D eigenvalue weighted by atomic mass is 16.3. The van der Waals surface area contributed by atoms with Crippen LogP contribution in [0.2, 0.25) is 0 Å². The van der Waals surface area contributed by atoms with E-state index in [1.54, 1.807) is 6.26 Å². The van der Waals surface area contributed by atoms with E-state index in [1.165, 1.54) is 11.3 Å². The van der Waals surface area contributed by atoms with E-state index in [1.807, 2.05) is 12.1 Å². The third kappa shape index (κ3) is 4.01. The fourth-order valence-corrected chi connectivity index (χ4v) is 3.94. The molecule has 29 heavy (non-hydrogen) atoms. The van der Waals surface area contributed by atoms with Gasteiger partial charge >= 0.3 is 0 Å². The van der Waals surface area contributed by atoms with Gasteiger partial charge in [-0.1, -0.05) is 12.1 Å². The predicted molar refractivity (Wildman–Crippen MR) is 119 cm³/mol. The third-order valence-electron chi connectivity index (χ3n) is 6.05. The van der Waals surface area contributed by atoms with Crippen molar-refractivity contribution in [2.24, 2.45) is 0 Å². The summed E-state index contributed by atoms with van der Waals surface area (Å²) in [7, 11) is 2.16. The highest BCUT2D eigenvalue weighted by Gasteiger charge is 2.16. The number of fused-ring (bicyclic) bond motifs is 1. The third-order valence-corrected chi connectivity index (χ3v) is 6.05. The molecule has 0 saturated carbocycles. The minimum absolute atomic E-state index is 0.0265. The number of hydrogen-bond acceptors (Lipinski definition) is 4. The second kappa shape index (κ2) is 7.91. The summed E-state index contributed by atoms with van der Waals surface area (Å²) in [4.78, 5) is 17.4. The van der Waals surface area contributed by atoms with Gasteiger partial charge in [-0.25, -0.2) is 0 Å². The van der Waals surface area contributed by atoms with Crippen LogP contribution in [-0.4, -0.2) is 44.0 Å². The molecule has 2 aromatic carbocycles. The normalized spacial score (nSPS) is 15.1. The van der Waals surface area contributed by atoms with Crippen molar-refractivity contribution in [3.63, 3.8) is 0 Å². The van der Waals surface area contributed by atoms with Crippen LogP contribution < -0.4 is 10.2 Å². The molecule has 0 atom stereocenters. The van der Waals surface area contributed by atoms with Gasteiger partial charge in [0.1, 0.15) is 5.58 Å². The summed E-state index contributed by atoms with van der Waals surface area (Å²) in [6.07, 6.45) is 2.01. The standard InChI is InChI=1S/C24H29N3O2/c1-16-5-7-21-19(15-29-24(21)18(16)3)14-23(28)25-22-8-6-20(13-17(22)2)27-11-9-26(4)10-12-27/h5-8,13,15H,9-12,14H2,1-4H3,(H,25,28). The molecule has 1 fully saturated rings. The fourth-order valence-electron chi connectivity index (χ4n) is 3.94. The van der Waals surface area contributed by atoms with Crippen LogP contribution >= 0.6 is 0 Å². The van der Waals surface area contributed by atoms with E-state index in [0.29, 0.717) is 6.42 Å². The maximum absolute atomic E-state index is 12.7. The van der Waals surface area contributed by atoms with Crippen LogP contribution in [-0.2, 0) is 11.2 Å². The molecule has 0 aliphatic carbocycles. The van der Waals surface area contributed by atoms with Gasteiger partial charge in [-0.05, 0) is 62.7 Å². The zero-order chi connectivity index (χ0) is 20.5. The van der Waals surface area contributed by atoms with E-state index < -0.39 is 0 Å². The first kappa shape index (κ1) is 19.5. The van der Waals surface area contributed by atoms with Gasteiger partial charge in [0.05, 0.1) is 12.7 Å². The van der Waals surface area contributed by atoms with Crippen LogP contribution in [0, 0.1) is 20.8 Å². The lowest BCUT2D eigenvalue weighted by Crippen LogP contribution is -2.44. The molecule has 2 heterocycles. The van der Waals surface area contributed by atoms with Crippen molar-refractivity contribution in [3.8, 4) is 0 Å². The van der Waals surface area contributed by atoms with Gasteiger partial charge in [-0.2, -0.15) is 0 Å². The molecule has 5 nitrogen and oxygen atoms in total. The largest absolute Gasteiger partial charge is 0.464 e. The van der Waals surface area contributed by atoms with E-state index in [-0.39, 0.29) is 5.91 Å². The molecule has 1 aliphatic rings. The Morgan fingerprint density at radius 1 is 1.03 bits per heavy atom. The Morgan fingerprint density at radius 2 is 1.79 bits per heavy atom. The van der Waals surface area contributed by atoms with Crippen molar-refractivity contribution >= 4 is 28.3 Å². The number of hydrogen-bond donors (Lipinski definition) is 1. The van der Waals surface area contributed by atoms with Crippen molar-refractivity contribution in [3.05, 3.63) is 58.8 Å². The molecule has 3 aromatic rings. The molecule has 0 unspecified atom stereocenters. The van der Waals surface area contributed by atoms with Crippen LogP contribution in [0.1, 0.15) is 22.3 Å². The molecule has 1 aromatic heterocycles. The number of nitrogens with zero attached hydrogens (tertiary/aromatic N) is 2. The number of piperazine rings is 1. The lowest BCUT2D eigenvalue weighted by atomic mass is 10.0. The Hall–Kier alpha value is -2.79. The molecule has 1 saturated heterocycles. The second-order valence-corrected chi connectivity index (χ2v) is 8.16. The number of carbonyl (C=O) groups is 1. The SMILES string of the molecule is Cc1cc(N2CCN(C)CC2)ccc1NC(=O)Cc1coc2c(C)c(C)ccc12. The van der Waals surface area contributed by atoms with E-state index in [2.05, 4.69) is 61.1 Å². The monoisotopic (exact) mass is 391 g/mol. The van der Waals surface area contributed by atoms with Crippen molar-refractivity contribution in [1.82, 2.24) is 4.90 Å². The van der Waals surface area contributed by atoms with E-state index in [4.69, 9.17) is 4.42 Å². The highest BCUT2D eigenvalue weighted by Crippen LogP contribution is 2.28. The molecule has 1 amide bonds. The van der Waals surface area contributed by atoms with Gasteiger partial charge in [0, 0.05) is 48.5 Å². The first-order valence-electron chi connectivity index (χ1n) is 10.2. The van der Waals surface area contributed by atoms with Gasteiger partial charge in [-0.15, -0.1) is 0 Å². The van der Waals surface area contributed by atoms with Crippen LogP contribution in [0.25, 0.3) is 11.0 Å². The Morgan fingerprint density at radius 3 is 2.52 bits per heavy atom. The Balaban J connectivity index is 1.45. The maximum Gasteiger partial charge on any atom is 0.228 e. The number of benzene rings is 2. The van der Waals surface area contributed by atoms with E-state index in [0.717, 1.165) is 59.5 Å². The van der Waals surface area contributed by atoms with Gasteiger partial charge in [-0.3, -0.25) is 4.79 Å². The van der Waals surface area contributed by atoms with Gasteiger partial charge in [0.2, 0.25) is 5.91 Å². The molecule has 1 aliphatic heterocycles. The summed E-state index contributed by atoms with van der Waals surface area (Å²) in [6, 6.07) is 10.4. The molecule has 0 radical (unpaired) electrons. The van der Waals surface area contributed by atoms with Crippen molar-refractivity contribution < 1.29 is 9.21 Å². The van der Waals surface area contributed by atoms with Crippen molar-refractivity contribution in [1.29, 1.82) is 0 Å². The van der Waals surface area contributed by atoms with Gasteiger partial charge < -0.3 is 19.5 Å². The molecule has 0 bridgehead atoms. The average molecular weight is 392 g/mol. The Kier molecular flexibility index (Phi) is 5.33. The molecular weight excluding hydrogens is 362 g/mol. The number of anilines is 2. The highest BCUT2D eigenvalue weighted by molar-refractivity contribution is 5.96. The summed E-state index contributed by atoms with van der Waals surface area (Å²) in [5.41, 5.74) is 7.29. The first-order valence-corrected chi connectivity index (χ1v) is 10.2. The molecule has 5 heteroatoms. The second-order valence-electron chi connectivity index (χ2n) is 8.16. The van der Waals surface area contributed by atoms with Crippen molar-refractivity contribution in [2.45, 2.75) is 27.2 Å². The Labute approximate surface area is 172 Å². The van der Waals surface area contributed by atoms with Crippen LogP contribution in [0.5, 0.6) is 0 Å². The first-order chi connectivity index (χ1) is 13.9. The summed E-state index contributed by atoms with van der Waals surface area (Å²) in [5.74, 6) is -0.0265. The van der Waals surface area contributed by atoms with Crippen molar-refractivity contribution in [2.75, 3.05) is 43.4 Å². The minimum atomic E-state index is -0.0265. The average Bonchev–Trinajstić information content (AvgIpc) is 3.10. The number of rotatable bonds is 4. The molecule has 0 spiro atoms.